The molecule has 2 bridgehead atoms. The molecule has 27 heavy (non-hydrogen) atoms. The summed E-state index contributed by atoms with van der Waals surface area (Å²) in [6, 6.07) is 21.6. The standard InChI is InChI=1S/C24H27N2O/c27-24-19-11-14-26(15-12-19,23(24)16-18-6-2-1-3-7-18)17-20-10-13-25-22-9-5-4-8-21(20)22/h1-10,13,19,23-24,27H,11-12,14-17H2/q+1/t19?,23-,24-,26?/m1/s1. The van der Waals surface area contributed by atoms with Gasteiger partial charge in [-0.15, -0.1) is 0 Å². The normalized spacial score (nSPS) is 29.9. The molecule has 3 saturated heterocycles. The zero-order valence-corrected chi connectivity index (χ0v) is 15.7. The van der Waals surface area contributed by atoms with Gasteiger partial charge in [-0.3, -0.25) is 4.98 Å². The van der Waals surface area contributed by atoms with Gasteiger partial charge in [-0.2, -0.15) is 0 Å². The molecule has 0 aliphatic carbocycles. The quantitative estimate of drug-likeness (QED) is 0.716. The van der Waals surface area contributed by atoms with Gasteiger partial charge in [0, 0.05) is 42.3 Å². The summed E-state index contributed by atoms with van der Waals surface area (Å²) in [6.45, 7) is 3.34. The van der Waals surface area contributed by atoms with Gasteiger partial charge in [0.1, 0.15) is 18.7 Å². The number of hydrogen-bond donors (Lipinski definition) is 1. The number of hydrogen-bond acceptors (Lipinski definition) is 2. The summed E-state index contributed by atoms with van der Waals surface area (Å²) in [5, 5.41) is 12.4. The van der Waals surface area contributed by atoms with Crippen LogP contribution in [0.3, 0.4) is 0 Å². The lowest BCUT2D eigenvalue weighted by Crippen LogP contribution is -2.69. The Bertz CT molecular complexity index is 926. The average Bonchev–Trinajstić information content (AvgIpc) is 2.72. The van der Waals surface area contributed by atoms with E-state index >= 15 is 0 Å². The summed E-state index contributed by atoms with van der Waals surface area (Å²) in [6.07, 6.45) is 5.00. The molecule has 2 aromatic carbocycles. The fourth-order valence-electron chi connectivity index (χ4n) is 5.49. The van der Waals surface area contributed by atoms with E-state index in [0.717, 1.165) is 35.8 Å². The van der Waals surface area contributed by atoms with E-state index in [0.29, 0.717) is 5.92 Å². The van der Waals surface area contributed by atoms with E-state index in [1.807, 2.05) is 6.20 Å². The van der Waals surface area contributed by atoms with E-state index in [1.165, 1.54) is 29.6 Å². The Morgan fingerprint density at radius 2 is 1.67 bits per heavy atom. The molecule has 0 unspecified atom stereocenters. The zero-order valence-electron chi connectivity index (χ0n) is 15.7. The van der Waals surface area contributed by atoms with Crippen LogP contribution in [-0.2, 0) is 13.0 Å². The Morgan fingerprint density at radius 1 is 0.926 bits per heavy atom. The van der Waals surface area contributed by atoms with Crippen LogP contribution in [0.25, 0.3) is 10.9 Å². The van der Waals surface area contributed by atoms with Gasteiger partial charge in [-0.05, 0) is 17.7 Å². The van der Waals surface area contributed by atoms with Gasteiger partial charge in [0.2, 0.25) is 0 Å². The lowest BCUT2D eigenvalue weighted by atomic mass is 9.75. The Labute approximate surface area is 160 Å². The lowest BCUT2D eigenvalue weighted by molar-refractivity contribution is -0.981. The molecule has 2 atom stereocenters. The van der Waals surface area contributed by atoms with Crippen molar-refractivity contribution in [3.05, 3.63) is 78.0 Å². The minimum atomic E-state index is -0.194. The molecule has 0 radical (unpaired) electrons. The van der Waals surface area contributed by atoms with Gasteiger partial charge in [-0.1, -0.05) is 48.5 Å². The van der Waals surface area contributed by atoms with Crippen LogP contribution in [-0.4, -0.2) is 39.8 Å². The third-order valence-corrected chi connectivity index (χ3v) is 6.98. The van der Waals surface area contributed by atoms with Crippen molar-refractivity contribution in [2.45, 2.75) is 38.0 Å². The van der Waals surface area contributed by atoms with Crippen LogP contribution in [0, 0.1) is 5.92 Å². The van der Waals surface area contributed by atoms with Crippen molar-refractivity contribution in [3.63, 3.8) is 0 Å². The second kappa shape index (κ2) is 6.74. The van der Waals surface area contributed by atoms with Crippen molar-refractivity contribution < 1.29 is 9.59 Å². The van der Waals surface area contributed by atoms with Crippen molar-refractivity contribution in [2.75, 3.05) is 13.1 Å². The number of aromatic nitrogens is 1. The molecule has 1 N–H and O–H groups in total. The minimum Gasteiger partial charge on any atom is -0.387 e. The summed E-state index contributed by atoms with van der Waals surface area (Å²) in [7, 11) is 0. The maximum atomic E-state index is 11.1. The van der Waals surface area contributed by atoms with E-state index in [4.69, 9.17) is 0 Å². The highest BCUT2D eigenvalue weighted by molar-refractivity contribution is 5.81. The highest BCUT2D eigenvalue weighted by atomic mass is 16.3. The van der Waals surface area contributed by atoms with Gasteiger partial charge < -0.3 is 9.59 Å². The van der Waals surface area contributed by atoms with Gasteiger partial charge in [0.05, 0.1) is 18.6 Å². The molecule has 0 amide bonds. The first-order valence-electron chi connectivity index (χ1n) is 10.2. The number of piperidine rings is 3. The molecule has 0 spiro atoms. The second-order valence-corrected chi connectivity index (χ2v) is 8.40. The smallest absolute Gasteiger partial charge is 0.120 e. The number of rotatable bonds is 4. The summed E-state index contributed by atoms with van der Waals surface area (Å²) >= 11 is 0. The molecule has 3 fully saturated rings. The van der Waals surface area contributed by atoms with Crippen molar-refractivity contribution >= 4 is 10.9 Å². The molecule has 4 heterocycles. The Balaban J connectivity index is 1.52. The molecular formula is C24H27N2O+. The van der Waals surface area contributed by atoms with Crippen LogP contribution >= 0.6 is 0 Å². The number of fused-ring (bicyclic) bond motifs is 4. The predicted molar refractivity (Wildman–Crippen MR) is 108 cm³/mol. The number of pyridine rings is 1. The first-order chi connectivity index (χ1) is 13.3. The first-order valence-corrected chi connectivity index (χ1v) is 10.2. The fraction of sp³-hybridized carbons (Fsp3) is 0.375. The van der Waals surface area contributed by atoms with Crippen molar-refractivity contribution in [2.24, 2.45) is 5.92 Å². The topological polar surface area (TPSA) is 33.1 Å². The van der Waals surface area contributed by atoms with Crippen LogP contribution in [0.2, 0.25) is 0 Å². The molecule has 3 aromatic rings. The molecule has 3 aliphatic rings. The third kappa shape index (κ3) is 2.95. The molecule has 3 heteroatoms. The van der Waals surface area contributed by atoms with Crippen LogP contribution in [0.15, 0.2) is 66.9 Å². The fourth-order valence-corrected chi connectivity index (χ4v) is 5.49. The van der Waals surface area contributed by atoms with Crippen LogP contribution in [0.5, 0.6) is 0 Å². The monoisotopic (exact) mass is 359 g/mol. The number of nitrogens with zero attached hydrogens (tertiary/aromatic N) is 2. The molecule has 138 valence electrons. The molecule has 0 saturated carbocycles. The molecule has 3 nitrogen and oxygen atoms in total. The van der Waals surface area contributed by atoms with Crippen LogP contribution in [0.1, 0.15) is 24.0 Å². The third-order valence-electron chi connectivity index (χ3n) is 6.98. The maximum absolute atomic E-state index is 11.1. The van der Waals surface area contributed by atoms with Crippen LogP contribution < -0.4 is 0 Å². The van der Waals surface area contributed by atoms with Crippen molar-refractivity contribution in [3.8, 4) is 0 Å². The maximum Gasteiger partial charge on any atom is 0.120 e. The average molecular weight is 359 g/mol. The molecule has 3 aliphatic heterocycles. The van der Waals surface area contributed by atoms with Gasteiger partial charge in [-0.25, -0.2) is 0 Å². The van der Waals surface area contributed by atoms with E-state index in [-0.39, 0.29) is 12.1 Å². The summed E-state index contributed by atoms with van der Waals surface area (Å²) in [4.78, 5) is 4.54. The number of quaternary nitrogens is 1. The van der Waals surface area contributed by atoms with E-state index in [2.05, 4.69) is 65.6 Å². The van der Waals surface area contributed by atoms with E-state index in [1.54, 1.807) is 0 Å². The second-order valence-electron chi connectivity index (χ2n) is 8.40. The highest BCUT2D eigenvalue weighted by Crippen LogP contribution is 2.42. The first kappa shape index (κ1) is 16.9. The largest absolute Gasteiger partial charge is 0.387 e. The summed E-state index contributed by atoms with van der Waals surface area (Å²) < 4.78 is 1.01. The van der Waals surface area contributed by atoms with E-state index < -0.39 is 0 Å². The van der Waals surface area contributed by atoms with Gasteiger partial charge in [0.15, 0.2) is 0 Å². The van der Waals surface area contributed by atoms with Gasteiger partial charge in [0.25, 0.3) is 0 Å². The Kier molecular flexibility index (Phi) is 4.22. The van der Waals surface area contributed by atoms with E-state index in [9.17, 15) is 5.11 Å². The van der Waals surface area contributed by atoms with Gasteiger partial charge >= 0.3 is 0 Å². The van der Waals surface area contributed by atoms with Crippen molar-refractivity contribution in [1.82, 2.24) is 4.98 Å². The zero-order chi connectivity index (χ0) is 18.3. The Hall–Kier alpha value is -2.23. The lowest BCUT2D eigenvalue weighted by Gasteiger charge is -2.57. The summed E-state index contributed by atoms with van der Waals surface area (Å²) in [5.41, 5.74) is 3.78. The molecule has 6 rings (SSSR count). The van der Waals surface area contributed by atoms with Crippen molar-refractivity contribution in [1.29, 1.82) is 0 Å². The summed E-state index contributed by atoms with van der Waals surface area (Å²) in [5.74, 6) is 0.480. The Morgan fingerprint density at radius 3 is 2.48 bits per heavy atom. The minimum absolute atomic E-state index is 0.194. The number of para-hydroxylation sites is 1. The number of benzene rings is 2. The predicted octanol–water partition coefficient (Wildman–Crippen LogP) is 3.95. The molecular weight excluding hydrogens is 332 g/mol. The number of aliphatic hydroxyl groups excluding tert-OH is 1. The van der Waals surface area contributed by atoms with Crippen LogP contribution in [0.4, 0.5) is 0 Å². The SMILES string of the molecule is O[C@@H]1C2CC[N+](Cc3ccnc4ccccc34)(CC2)[C@@H]1Cc1ccccc1. The molecule has 1 aromatic heterocycles. The number of aliphatic hydroxyl groups is 1. The highest BCUT2D eigenvalue weighted by Gasteiger charge is 2.52.